The van der Waals surface area contributed by atoms with Crippen molar-refractivity contribution in [2.75, 3.05) is 11.9 Å². The SMILES string of the molecule is CC(C)(C)OC(=O)c1c(NC(=O)NCc2c(-c3ccccc3C(F)(F)F)sc3c2CCNC3)sc2c1CCCC2. The Kier molecular flexibility index (Phi) is 8.00. The predicted octanol–water partition coefficient (Wildman–Crippen LogP) is 7.30. The number of ether oxygens (including phenoxy) is 1. The zero-order chi connectivity index (χ0) is 28.7. The first-order valence-electron chi connectivity index (χ1n) is 13.4. The molecule has 0 fully saturated rings. The average Bonchev–Trinajstić information content (AvgIpc) is 3.44. The summed E-state index contributed by atoms with van der Waals surface area (Å²) in [5.41, 5.74) is 1.76. The molecule has 2 aromatic heterocycles. The van der Waals surface area contributed by atoms with E-state index >= 15 is 0 Å². The van der Waals surface area contributed by atoms with Crippen molar-refractivity contribution in [3.8, 4) is 10.4 Å². The summed E-state index contributed by atoms with van der Waals surface area (Å²) in [6.45, 7) is 6.75. The van der Waals surface area contributed by atoms with Crippen LogP contribution in [0.25, 0.3) is 10.4 Å². The van der Waals surface area contributed by atoms with Crippen LogP contribution in [-0.2, 0) is 43.3 Å². The molecule has 1 aliphatic heterocycles. The number of alkyl halides is 3. The molecular formula is C29H32F3N3O3S2. The van der Waals surface area contributed by atoms with Gasteiger partial charge in [-0.1, -0.05) is 18.2 Å². The van der Waals surface area contributed by atoms with Crippen LogP contribution in [0.1, 0.15) is 76.0 Å². The van der Waals surface area contributed by atoms with Crippen LogP contribution in [-0.4, -0.2) is 24.1 Å². The van der Waals surface area contributed by atoms with Crippen LogP contribution in [0.15, 0.2) is 24.3 Å². The summed E-state index contributed by atoms with van der Waals surface area (Å²) in [7, 11) is 0. The maximum atomic E-state index is 13.9. The Balaban J connectivity index is 1.42. The van der Waals surface area contributed by atoms with Gasteiger partial charge in [0, 0.05) is 33.3 Å². The third kappa shape index (κ3) is 6.06. The van der Waals surface area contributed by atoms with Gasteiger partial charge in [-0.3, -0.25) is 5.32 Å². The van der Waals surface area contributed by atoms with Crippen LogP contribution in [0, 0.1) is 0 Å². The number of anilines is 1. The average molecular weight is 592 g/mol. The van der Waals surface area contributed by atoms with Crippen LogP contribution in [0.2, 0.25) is 0 Å². The van der Waals surface area contributed by atoms with Crippen LogP contribution in [0.4, 0.5) is 23.0 Å². The number of urea groups is 1. The molecule has 0 saturated heterocycles. The number of esters is 1. The van der Waals surface area contributed by atoms with Crippen molar-refractivity contribution >= 4 is 39.7 Å². The van der Waals surface area contributed by atoms with Crippen molar-refractivity contribution in [2.45, 2.75) is 77.7 Å². The Morgan fingerprint density at radius 2 is 1.75 bits per heavy atom. The molecule has 6 nitrogen and oxygen atoms in total. The Morgan fingerprint density at radius 1 is 1.00 bits per heavy atom. The number of hydrogen-bond donors (Lipinski definition) is 3. The van der Waals surface area contributed by atoms with E-state index in [2.05, 4.69) is 16.0 Å². The molecule has 0 saturated carbocycles. The highest BCUT2D eigenvalue weighted by molar-refractivity contribution is 7.17. The highest BCUT2D eigenvalue weighted by atomic mass is 32.1. The number of hydrogen-bond acceptors (Lipinski definition) is 6. The van der Waals surface area contributed by atoms with E-state index in [0.717, 1.165) is 52.6 Å². The Bertz CT molecular complexity index is 1440. The number of nitrogens with one attached hydrogen (secondary N) is 3. The Hall–Kier alpha value is -2.89. The fourth-order valence-electron chi connectivity index (χ4n) is 5.25. The van der Waals surface area contributed by atoms with Gasteiger partial charge in [0.1, 0.15) is 10.6 Å². The third-order valence-electron chi connectivity index (χ3n) is 6.94. The molecule has 214 valence electrons. The standard InChI is InChI=1S/C29H32F3N3O3S2/c1-28(2,3)38-26(36)23-18-9-5-7-11-21(18)40-25(23)35-27(37)34-14-19-16-12-13-33-15-22(16)39-24(19)17-8-4-6-10-20(17)29(30,31)32/h4,6,8,10,33H,5,7,9,11-15H2,1-3H3,(H2,34,35,37). The second kappa shape index (κ2) is 11.2. The fourth-order valence-corrected chi connectivity index (χ4v) is 7.90. The lowest BCUT2D eigenvalue weighted by Crippen LogP contribution is -2.30. The van der Waals surface area contributed by atoms with Gasteiger partial charge in [-0.15, -0.1) is 22.7 Å². The highest BCUT2D eigenvalue weighted by Crippen LogP contribution is 2.44. The molecule has 1 aliphatic carbocycles. The van der Waals surface area contributed by atoms with Gasteiger partial charge in [0.25, 0.3) is 0 Å². The lowest BCUT2D eigenvalue weighted by molar-refractivity contribution is -0.137. The molecular weight excluding hydrogens is 559 g/mol. The van der Waals surface area contributed by atoms with Crippen molar-refractivity contribution < 1.29 is 27.5 Å². The number of fused-ring (bicyclic) bond motifs is 2. The first kappa shape index (κ1) is 28.6. The first-order chi connectivity index (χ1) is 18.9. The summed E-state index contributed by atoms with van der Waals surface area (Å²) in [5, 5.41) is 9.43. The van der Waals surface area contributed by atoms with E-state index in [1.807, 2.05) is 0 Å². The van der Waals surface area contributed by atoms with Gasteiger partial charge in [0.05, 0.1) is 11.1 Å². The lowest BCUT2D eigenvalue weighted by Gasteiger charge is -2.21. The summed E-state index contributed by atoms with van der Waals surface area (Å²) in [6, 6.07) is 5.04. The molecule has 3 heterocycles. The number of benzene rings is 1. The Morgan fingerprint density at radius 3 is 2.50 bits per heavy atom. The quantitative estimate of drug-likeness (QED) is 0.272. The van der Waals surface area contributed by atoms with Crippen molar-refractivity contribution in [3.05, 3.63) is 61.8 Å². The van der Waals surface area contributed by atoms with E-state index in [1.165, 1.54) is 34.8 Å². The first-order valence-corrected chi connectivity index (χ1v) is 15.0. The number of carbonyl (C=O) groups is 2. The maximum Gasteiger partial charge on any atom is 0.417 e. The van der Waals surface area contributed by atoms with Crippen LogP contribution in [0.3, 0.4) is 0 Å². The molecule has 3 aromatic rings. The van der Waals surface area contributed by atoms with E-state index in [-0.39, 0.29) is 12.1 Å². The largest absolute Gasteiger partial charge is 0.456 e. The van der Waals surface area contributed by atoms with E-state index in [9.17, 15) is 22.8 Å². The molecule has 1 aromatic carbocycles. The molecule has 0 atom stereocenters. The molecule has 5 rings (SSSR count). The number of rotatable bonds is 5. The second-order valence-corrected chi connectivity index (χ2v) is 13.2. The predicted molar refractivity (Wildman–Crippen MR) is 152 cm³/mol. The van der Waals surface area contributed by atoms with Crippen molar-refractivity contribution in [1.82, 2.24) is 10.6 Å². The highest BCUT2D eigenvalue weighted by Gasteiger charge is 2.35. The molecule has 0 radical (unpaired) electrons. The number of thiophene rings is 2. The van der Waals surface area contributed by atoms with Gasteiger partial charge in [-0.2, -0.15) is 13.2 Å². The zero-order valence-corrected chi connectivity index (χ0v) is 24.3. The van der Waals surface area contributed by atoms with Crippen molar-refractivity contribution in [2.24, 2.45) is 0 Å². The van der Waals surface area contributed by atoms with Gasteiger partial charge < -0.3 is 15.4 Å². The van der Waals surface area contributed by atoms with Crippen LogP contribution >= 0.6 is 22.7 Å². The molecule has 11 heteroatoms. The summed E-state index contributed by atoms with van der Waals surface area (Å²) in [6.07, 6.45) is -0.258. The smallest absolute Gasteiger partial charge is 0.417 e. The molecule has 2 aliphatic rings. The zero-order valence-electron chi connectivity index (χ0n) is 22.6. The van der Waals surface area contributed by atoms with Gasteiger partial charge >= 0.3 is 18.2 Å². The summed E-state index contributed by atoms with van der Waals surface area (Å²) in [4.78, 5) is 28.9. The monoisotopic (exact) mass is 591 g/mol. The van der Waals surface area contributed by atoms with Crippen LogP contribution in [0.5, 0.6) is 0 Å². The number of carbonyl (C=O) groups excluding carboxylic acids is 2. The molecule has 40 heavy (non-hydrogen) atoms. The minimum atomic E-state index is -4.50. The number of amides is 2. The molecule has 0 spiro atoms. The number of halogens is 3. The molecule has 0 bridgehead atoms. The number of aryl methyl sites for hydroxylation is 1. The topological polar surface area (TPSA) is 79.5 Å². The maximum absolute atomic E-state index is 13.9. The van der Waals surface area contributed by atoms with E-state index in [1.54, 1.807) is 26.8 Å². The minimum Gasteiger partial charge on any atom is -0.456 e. The summed E-state index contributed by atoms with van der Waals surface area (Å²) < 4.78 is 47.3. The van der Waals surface area contributed by atoms with E-state index < -0.39 is 29.3 Å². The summed E-state index contributed by atoms with van der Waals surface area (Å²) >= 11 is 2.73. The van der Waals surface area contributed by atoms with Crippen molar-refractivity contribution in [3.63, 3.8) is 0 Å². The molecule has 3 N–H and O–H groups in total. The van der Waals surface area contributed by atoms with Gasteiger partial charge in [-0.25, -0.2) is 9.59 Å². The fraction of sp³-hybridized carbons (Fsp3) is 0.448. The Labute approximate surface area is 239 Å². The minimum absolute atomic E-state index is 0.0616. The summed E-state index contributed by atoms with van der Waals surface area (Å²) in [5.74, 6) is -0.465. The van der Waals surface area contributed by atoms with Crippen molar-refractivity contribution in [1.29, 1.82) is 0 Å². The third-order valence-corrected chi connectivity index (χ3v) is 9.46. The molecule has 2 amide bonds. The van der Waals surface area contributed by atoms with E-state index in [4.69, 9.17) is 4.74 Å². The van der Waals surface area contributed by atoms with Gasteiger partial charge in [-0.05, 0) is 82.2 Å². The lowest BCUT2D eigenvalue weighted by atomic mass is 9.95. The normalized spacial score (nSPS) is 15.2. The second-order valence-electron chi connectivity index (χ2n) is 11.0. The van der Waals surface area contributed by atoms with Crippen LogP contribution < -0.4 is 16.0 Å². The van der Waals surface area contributed by atoms with Gasteiger partial charge in [0.15, 0.2) is 0 Å². The van der Waals surface area contributed by atoms with Gasteiger partial charge in [0.2, 0.25) is 0 Å². The molecule has 0 unspecified atom stereocenters. The van der Waals surface area contributed by atoms with E-state index in [0.29, 0.717) is 40.5 Å².